The van der Waals surface area contributed by atoms with E-state index in [0.717, 1.165) is 6.42 Å². The minimum absolute atomic E-state index is 0.347. The molecule has 0 bridgehead atoms. The van der Waals surface area contributed by atoms with Gasteiger partial charge in [0.15, 0.2) is 0 Å². The van der Waals surface area contributed by atoms with Crippen molar-refractivity contribution in [3.05, 3.63) is 0 Å². The van der Waals surface area contributed by atoms with Crippen LogP contribution in [-0.4, -0.2) is 30.8 Å². The Balaban J connectivity index is 2.46. The first-order valence-electron chi connectivity index (χ1n) is 3.26. The Kier molecular flexibility index (Phi) is 2.21. The first kappa shape index (κ1) is 7.47. The van der Waals surface area contributed by atoms with Gasteiger partial charge in [0.2, 0.25) is 0 Å². The number of nitrogens with zero attached hydrogens (tertiary/aromatic N) is 1. The maximum Gasteiger partial charge on any atom is 0.325 e. The molecule has 1 aliphatic rings. The average Bonchev–Trinajstić information content (AvgIpc) is 2.34. The molecule has 0 aromatic rings. The number of carbonyl (C=O) groups is 1. The molecule has 1 aliphatic heterocycles. The lowest BCUT2D eigenvalue weighted by molar-refractivity contribution is -0.151. The molecule has 4 heteroatoms. The highest BCUT2D eigenvalue weighted by molar-refractivity contribution is 5.75. The van der Waals surface area contributed by atoms with Gasteiger partial charge in [-0.05, 0) is 12.8 Å². The summed E-state index contributed by atoms with van der Waals surface area (Å²) in [6.45, 7) is 0.347. The van der Waals surface area contributed by atoms with Crippen LogP contribution in [0.1, 0.15) is 12.8 Å². The van der Waals surface area contributed by atoms with Crippen molar-refractivity contribution in [2.75, 3.05) is 13.7 Å². The van der Waals surface area contributed by atoms with Crippen LogP contribution in [0.25, 0.3) is 0 Å². The third-order valence-electron chi connectivity index (χ3n) is 1.66. The van der Waals surface area contributed by atoms with Crippen molar-refractivity contribution >= 4 is 5.97 Å². The second-order valence-corrected chi connectivity index (χ2v) is 2.30. The molecule has 1 heterocycles. The molecule has 0 N–H and O–H groups in total. The summed E-state index contributed by atoms with van der Waals surface area (Å²) >= 11 is 0. The first-order valence-corrected chi connectivity index (χ1v) is 3.26. The smallest absolute Gasteiger partial charge is 0.325 e. The van der Waals surface area contributed by atoms with Gasteiger partial charge in [-0.25, -0.2) is 0 Å². The van der Waals surface area contributed by atoms with Gasteiger partial charge in [-0.3, -0.25) is 4.79 Å². The summed E-state index contributed by atoms with van der Waals surface area (Å²) < 4.78 is 16.9. The Morgan fingerprint density at radius 3 is 2.90 bits per heavy atom. The molecule has 3 nitrogen and oxygen atoms in total. The van der Waals surface area contributed by atoms with E-state index in [1.807, 2.05) is 0 Å². The van der Waals surface area contributed by atoms with E-state index in [1.165, 1.54) is 7.11 Å². The van der Waals surface area contributed by atoms with Crippen molar-refractivity contribution in [1.82, 2.24) is 5.12 Å². The summed E-state index contributed by atoms with van der Waals surface area (Å²) in [4.78, 5) is 10.7. The number of carbonyl (C=O) groups excluding carboxylic acids is 1. The highest BCUT2D eigenvalue weighted by Gasteiger charge is 2.31. The fourth-order valence-electron chi connectivity index (χ4n) is 1.10. The molecule has 0 aromatic carbocycles. The zero-order valence-electron chi connectivity index (χ0n) is 5.84. The Bertz CT molecular complexity index is 140. The van der Waals surface area contributed by atoms with Crippen LogP contribution in [0.5, 0.6) is 0 Å². The normalized spacial score (nSPS) is 26.8. The van der Waals surface area contributed by atoms with Gasteiger partial charge in [-0.1, -0.05) is 0 Å². The summed E-state index contributed by atoms with van der Waals surface area (Å²) in [6.07, 6.45) is 1.31. The summed E-state index contributed by atoms with van der Waals surface area (Å²) in [5, 5.41) is 0.534. The van der Waals surface area contributed by atoms with Crippen molar-refractivity contribution in [3.63, 3.8) is 0 Å². The quantitative estimate of drug-likeness (QED) is 0.399. The van der Waals surface area contributed by atoms with Crippen LogP contribution in [0.3, 0.4) is 0 Å². The zero-order chi connectivity index (χ0) is 7.56. The van der Waals surface area contributed by atoms with Gasteiger partial charge in [0, 0.05) is 6.54 Å². The number of methoxy groups -OCH3 is 1. The van der Waals surface area contributed by atoms with Gasteiger partial charge >= 0.3 is 5.97 Å². The molecule has 0 radical (unpaired) electrons. The SMILES string of the molecule is COC(=O)[C@@H]1CCCN1F. The standard InChI is InChI=1S/C6H10FNO2/c1-10-6(9)5-3-2-4-8(5)7/h5H,2-4H2,1H3/t5-/m0/s1. The van der Waals surface area contributed by atoms with Crippen LogP contribution in [0, 0.1) is 0 Å². The Morgan fingerprint density at radius 1 is 1.80 bits per heavy atom. The van der Waals surface area contributed by atoms with Crippen molar-refractivity contribution in [2.45, 2.75) is 18.9 Å². The molecular formula is C6H10FNO2. The van der Waals surface area contributed by atoms with Crippen LogP contribution in [0.4, 0.5) is 4.48 Å². The van der Waals surface area contributed by atoms with E-state index in [0.29, 0.717) is 18.1 Å². The molecule has 0 aromatic heterocycles. The lowest BCUT2D eigenvalue weighted by Gasteiger charge is -2.10. The molecule has 58 valence electrons. The van der Waals surface area contributed by atoms with Crippen molar-refractivity contribution in [1.29, 1.82) is 0 Å². The second-order valence-electron chi connectivity index (χ2n) is 2.30. The fourth-order valence-corrected chi connectivity index (χ4v) is 1.10. The number of ether oxygens (including phenoxy) is 1. The second kappa shape index (κ2) is 2.96. The van der Waals surface area contributed by atoms with Crippen molar-refractivity contribution in [3.8, 4) is 0 Å². The number of rotatable bonds is 1. The van der Waals surface area contributed by atoms with E-state index in [2.05, 4.69) is 4.74 Å². The maximum atomic E-state index is 12.6. The minimum atomic E-state index is -0.648. The summed E-state index contributed by atoms with van der Waals surface area (Å²) in [7, 11) is 1.27. The molecule has 0 spiro atoms. The van der Waals surface area contributed by atoms with Gasteiger partial charge in [-0.2, -0.15) is 0 Å². The van der Waals surface area contributed by atoms with Gasteiger partial charge < -0.3 is 4.74 Å². The predicted molar refractivity (Wildman–Crippen MR) is 32.9 cm³/mol. The molecule has 0 amide bonds. The first-order chi connectivity index (χ1) is 4.75. The lowest BCUT2D eigenvalue weighted by Crippen LogP contribution is -2.30. The zero-order valence-corrected chi connectivity index (χ0v) is 5.84. The van der Waals surface area contributed by atoms with E-state index in [9.17, 15) is 9.28 Å². The maximum absolute atomic E-state index is 12.6. The van der Waals surface area contributed by atoms with E-state index >= 15 is 0 Å². The van der Waals surface area contributed by atoms with Gasteiger partial charge in [0.25, 0.3) is 0 Å². The molecule has 1 atom stereocenters. The van der Waals surface area contributed by atoms with E-state index in [1.54, 1.807) is 0 Å². The molecule has 0 unspecified atom stereocenters. The highest BCUT2D eigenvalue weighted by Crippen LogP contribution is 2.17. The van der Waals surface area contributed by atoms with E-state index < -0.39 is 12.0 Å². The van der Waals surface area contributed by atoms with Crippen molar-refractivity contribution < 1.29 is 14.0 Å². The van der Waals surface area contributed by atoms with Gasteiger partial charge in [0.05, 0.1) is 7.11 Å². The van der Waals surface area contributed by atoms with E-state index in [4.69, 9.17) is 0 Å². The molecule has 10 heavy (non-hydrogen) atoms. The summed E-state index contributed by atoms with van der Waals surface area (Å²) in [5.41, 5.74) is 0. The highest BCUT2D eigenvalue weighted by atomic mass is 19.2. The van der Waals surface area contributed by atoms with Crippen LogP contribution in [0.15, 0.2) is 0 Å². The van der Waals surface area contributed by atoms with Crippen molar-refractivity contribution in [2.24, 2.45) is 0 Å². The average molecular weight is 147 g/mol. The van der Waals surface area contributed by atoms with Crippen LogP contribution in [-0.2, 0) is 9.53 Å². The molecule has 0 saturated carbocycles. The third-order valence-corrected chi connectivity index (χ3v) is 1.66. The summed E-state index contributed by atoms with van der Waals surface area (Å²) in [5.74, 6) is -0.472. The van der Waals surface area contributed by atoms with Gasteiger partial charge in [-0.15, -0.1) is 9.60 Å². The summed E-state index contributed by atoms with van der Waals surface area (Å²) in [6, 6.07) is -0.648. The number of esters is 1. The lowest BCUT2D eigenvalue weighted by atomic mass is 10.2. The number of halogens is 1. The Hall–Kier alpha value is -0.640. The van der Waals surface area contributed by atoms with Crippen LogP contribution < -0.4 is 0 Å². The topological polar surface area (TPSA) is 29.5 Å². The fraction of sp³-hybridized carbons (Fsp3) is 0.833. The van der Waals surface area contributed by atoms with Crippen LogP contribution >= 0.6 is 0 Å². The van der Waals surface area contributed by atoms with Crippen LogP contribution in [0.2, 0.25) is 0 Å². The molecular weight excluding hydrogens is 137 g/mol. The molecule has 1 rings (SSSR count). The molecule has 1 saturated heterocycles. The Labute approximate surface area is 58.7 Å². The number of hydrogen-bond donors (Lipinski definition) is 0. The predicted octanol–water partition coefficient (Wildman–Crippen LogP) is 0.508. The molecule has 0 aliphatic carbocycles. The Morgan fingerprint density at radius 2 is 2.50 bits per heavy atom. The van der Waals surface area contributed by atoms with E-state index in [-0.39, 0.29) is 0 Å². The monoisotopic (exact) mass is 147 g/mol. The third kappa shape index (κ3) is 1.26. The largest absolute Gasteiger partial charge is 0.468 e. The van der Waals surface area contributed by atoms with Gasteiger partial charge in [0.1, 0.15) is 6.04 Å². The number of hydrogen-bond acceptors (Lipinski definition) is 3. The molecule has 1 fully saturated rings. The minimum Gasteiger partial charge on any atom is -0.468 e.